The van der Waals surface area contributed by atoms with Crippen LogP contribution in [0.4, 0.5) is 0 Å². The highest BCUT2D eigenvalue weighted by molar-refractivity contribution is 5.81. The van der Waals surface area contributed by atoms with Gasteiger partial charge in [-0.25, -0.2) is 0 Å². The van der Waals surface area contributed by atoms with Crippen LogP contribution in [-0.2, 0) is 4.79 Å². The summed E-state index contributed by atoms with van der Waals surface area (Å²) in [5.41, 5.74) is 0. The molecule has 3 nitrogen and oxygen atoms in total. The van der Waals surface area contributed by atoms with Gasteiger partial charge in [0.15, 0.2) is 0 Å². The van der Waals surface area contributed by atoms with Crippen LogP contribution in [0.15, 0.2) is 0 Å². The summed E-state index contributed by atoms with van der Waals surface area (Å²) in [5.74, 6) is 1.17. The Labute approximate surface area is 79.5 Å². The fourth-order valence-corrected chi connectivity index (χ4v) is 2.44. The molecule has 1 N–H and O–H groups in total. The summed E-state index contributed by atoms with van der Waals surface area (Å²) in [5, 5.41) is 2.96. The normalized spacial score (nSPS) is 34.8. The second-order valence-corrected chi connectivity index (χ2v) is 4.49. The third-order valence-corrected chi connectivity index (χ3v) is 3.37. The number of piperidine rings is 1. The Morgan fingerprint density at radius 2 is 2.31 bits per heavy atom. The maximum absolute atomic E-state index is 11.4. The van der Waals surface area contributed by atoms with E-state index in [9.17, 15) is 4.79 Å². The van der Waals surface area contributed by atoms with Gasteiger partial charge in [-0.3, -0.25) is 4.79 Å². The van der Waals surface area contributed by atoms with E-state index in [-0.39, 0.29) is 5.91 Å². The smallest absolute Gasteiger partial charge is 0.223 e. The number of carbonyl (C=O) groups is 1. The number of hydrogen-bond donors (Lipinski definition) is 1. The molecule has 0 aliphatic carbocycles. The number of rotatable bonds is 1. The summed E-state index contributed by atoms with van der Waals surface area (Å²) >= 11 is 0. The van der Waals surface area contributed by atoms with Crippen LogP contribution in [0, 0.1) is 11.8 Å². The first-order valence-corrected chi connectivity index (χ1v) is 5.20. The maximum atomic E-state index is 11.4. The lowest BCUT2D eigenvalue weighted by molar-refractivity contribution is -0.124. The van der Waals surface area contributed by atoms with E-state index in [4.69, 9.17) is 0 Å². The van der Waals surface area contributed by atoms with Gasteiger partial charge in [0.2, 0.25) is 5.91 Å². The van der Waals surface area contributed by atoms with Gasteiger partial charge in [0.05, 0.1) is 0 Å². The lowest BCUT2D eigenvalue weighted by atomic mass is 9.88. The monoisotopic (exact) mass is 182 g/mol. The van der Waals surface area contributed by atoms with Gasteiger partial charge in [0, 0.05) is 31.0 Å². The fraction of sp³-hybridized carbons (Fsp3) is 0.900. The zero-order chi connectivity index (χ0) is 9.42. The molecule has 2 saturated heterocycles. The highest BCUT2D eigenvalue weighted by Gasteiger charge is 2.38. The number of nitrogens with zero attached hydrogens (tertiary/aromatic N) is 1. The predicted octanol–water partition coefficient (Wildman–Crippen LogP) is 0.463. The number of carbonyl (C=O) groups excluding carboxylic acids is 1. The van der Waals surface area contributed by atoms with Crippen molar-refractivity contribution in [2.75, 3.05) is 19.6 Å². The molecule has 2 aliphatic rings. The molecule has 2 atom stereocenters. The van der Waals surface area contributed by atoms with Gasteiger partial charge in [-0.1, -0.05) is 0 Å². The van der Waals surface area contributed by atoms with E-state index in [0.29, 0.717) is 17.9 Å². The lowest BCUT2D eigenvalue weighted by Crippen LogP contribution is -2.44. The van der Waals surface area contributed by atoms with Crippen molar-refractivity contribution in [1.82, 2.24) is 10.2 Å². The molecule has 0 aromatic heterocycles. The van der Waals surface area contributed by atoms with E-state index in [1.54, 1.807) is 0 Å². The molecule has 2 fully saturated rings. The van der Waals surface area contributed by atoms with Crippen LogP contribution >= 0.6 is 0 Å². The average Bonchev–Trinajstić information content (AvgIpc) is 2.47. The van der Waals surface area contributed by atoms with E-state index in [1.165, 1.54) is 0 Å². The molecule has 2 heterocycles. The van der Waals surface area contributed by atoms with E-state index in [2.05, 4.69) is 24.1 Å². The molecule has 3 heteroatoms. The Morgan fingerprint density at radius 1 is 1.54 bits per heavy atom. The van der Waals surface area contributed by atoms with Gasteiger partial charge < -0.3 is 10.2 Å². The third-order valence-electron chi connectivity index (χ3n) is 3.37. The number of nitrogens with one attached hydrogen (secondary N) is 1. The summed E-state index contributed by atoms with van der Waals surface area (Å²) in [6.45, 7) is 7.54. The fourth-order valence-electron chi connectivity index (χ4n) is 2.44. The van der Waals surface area contributed by atoms with E-state index in [0.717, 1.165) is 26.1 Å². The van der Waals surface area contributed by atoms with Crippen LogP contribution in [0.2, 0.25) is 0 Å². The van der Waals surface area contributed by atoms with Crippen molar-refractivity contribution < 1.29 is 4.79 Å². The number of likely N-dealkylation sites (tertiary alicyclic amines) is 1. The van der Waals surface area contributed by atoms with E-state index in [1.807, 2.05) is 0 Å². The first-order valence-electron chi connectivity index (χ1n) is 5.20. The highest BCUT2D eigenvalue weighted by atomic mass is 16.2. The molecule has 0 aromatic rings. The van der Waals surface area contributed by atoms with Gasteiger partial charge in [-0.15, -0.1) is 0 Å². The molecule has 0 saturated carbocycles. The van der Waals surface area contributed by atoms with E-state index >= 15 is 0 Å². The van der Waals surface area contributed by atoms with E-state index < -0.39 is 0 Å². The molecule has 0 radical (unpaired) electrons. The van der Waals surface area contributed by atoms with Crippen LogP contribution in [0.5, 0.6) is 0 Å². The van der Waals surface area contributed by atoms with Crippen molar-refractivity contribution in [3.05, 3.63) is 0 Å². The number of hydrogen-bond acceptors (Lipinski definition) is 2. The minimum Gasteiger partial charge on any atom is -0.355 e. The number of amides is 1. The molecule has 0 spiro atoms. The Hall–Kier alpha value is -0.570. The third kappa shape index (κ3) is 1.57. The molecular formula is C10H18N2O. The zero-order valence-electron chi connectivity index (χ0n) is 8.42. The minimum absolute atomic E-state index is 0.286. The topological polar surface area (TPSA) is 32.3 Å². The highest BCUT2D eigenvalue weighted by Crippen LogP contribution is 2.28. The second-order valence-electron chi connectivity index (χ2n) is 4.49. The molecule has 1 amide bonds. The van der Waals surface area contributed by atoms with Gasteiger partial charge in [0.25, 0.3) is 0 Å². The Kier molecular flexibility index (Phi) is 2.28. The molecule has 0 bridgehead atoms. The van der Waals surface area contributed by atoms with Crippen LogP contribution in [-0.4, -0.2) is 36.5 Å². The van der Waals surface area contributed by atoms with Crippen LogP contribution in [0.25, 0.3) is 0 Å². The summed E-state index contributed by atoms with van der Waals surface area (Å²) in [7, 11) is 0. The Morgan fingerprint density at radius 3 is 3.00 bits per heavy atom. The molecule has 13 heavy (non-hydrogen) atoms. The van der Waals surface area contributed by atoms with Crippen LogP contribution < -0.4 is 5.32 Å². The molecule has 74 valence electrons. The van der Waals surface area contributed by atoms with Gasteiger partial charge in [-0.2, -0.15) is 0 Å². The molecule has 2 rings (SSSR count). The van der Waals surface area contributed by atoms with Gasteiger partial charge in [-0.05, 0) is 26.8 Å². The molecule has 2 aliphatic heterocycles. The van der Waals surface area contributed by atoms with Crippen molar-refractivity contribution >= 4 is 5.91 Å². The SMILES string of the molecule is CC(C)N1CCC2C(=O)NCC2C1. The minimum atomic E-state index is 0.286. The van der Waals surface area contributed by atoms with Crippen molar-refractivity contribution in [2.24, 2.45) is 11.8 Å². The maximum Gasteiger partial charge on any atom is 0.223 e. The second kappa shape index (κ2) is 3.29. The number of fused-ring (bicyclic) bond motifs is 1. The van der Waals surface area contributed by atoms with Crippen molar-refractivity contribution in [1.29, 1.82) is 0 Å². The summed E-state index contributed by atoms with van der Waals surface area (Å²) in [4.78, 5) is 13.8. The predicted molar refractivity (Wildman–Crippen MR) is 51.3 cm³/mol. The van der Waals surface area contributed by atoms with Crippen molar-refractivity contribution in [2.45, 2.75) is 26.3 Å². The van der Waals surface area contributed by atoms with Gasteiger partial charge >= 0.3 is 0 Å². The zero-order valence-corrected chi connectivity index (χ0v) is 8.42. The summed E-state index contributed by atoms with van der Waals surface area (Å²) in [6, 6.07) is 0.622. The standard InChI is InChI=1S/C10H18N2O/c1-7(2)12-4-3-9-8(6-12)5-11-10(9)13/h7-9H,3-6H2,1-2H3,(H,11,13). The summed E-state index contributed by atoms with van der Waals surface area (Å²) in [6.07, 6.45) is 1.05. The molecule has 2 unspecified atom stereocenters. The first-order chi connectivity index (χ1) is 6.18. The molecular weight excluding hydrogens is 164 g/mol. The van der Waals surface area contributed by atoms with Gasteiger partial charge in [0.1, 0.15) is 0 Å². The Bertz CT molecular complexity index is 215. The largest absolute Gasteiger partial charge is 0.355 e. The first kappa shape index (κ1) is 9.00. The molecule has 0 aromatic carbocycles. The van der Waals surface area contributed by atoms with Crippen LogP contribution in [0.3, 0.4) is 0 Å². The Balaban J connectivity index is 1.99. The quantitative estimate of drug-likeness (QED) is 0.639. The van der Waals surface area contributed by atoms with Crippen molar-refractivity contribution in [3.63, 3.8) is 0 Å². The van der Waals surface area contributed by atoms with Crippen molar-refractivity contribution in [3.8, 4) is 0 Å². The summed E-state index contributed by atoms with van der Waals surface area (Å²) < 4.78 is 0. The average molecular weight is 182 g/mol. The van der Waals surface area contributed by atoms with Crippen LogP contribution in [0.1, 0.15) is 20.3 Å². The lowest BCUT2D eigenvalue weighted by Gasteiger charge is -2.35.